The number of carbonyl (C=O) groups is 2. The van der Waals surface area contributed by atoms with Gasteiger partial charge in [0.05, 0.1) is 19.1 Å². The van der Waals surface area contributed by atoms with Gasteiger partial charge in [-0.1, -0.05) is 97.8 Å². The van der Waals surface area contributed by atoms with Crippen LogP contribution in [-0.2, 0) is 19.1 Å². The molecule has 0 bridgehead atoms. The number of ether oxygens (including phenoxy) is 2. The molecule has 0 N–H and O–H groups in total. The maximum absolute atomic E-state index is 12.0. The molecule has 0 heterocycles. The Morgan fingerprint density at radius 3 is 1.57 bits per heavy atom. The molecule has 166 valence electrons. The van der Waals surface area contributed by atoms with Crippen molar-refractivity contribution >= 4 is 11.9 Å². The quantitative estimate of drug-likeness (QED) is 0.164. The Labute approximate surface area is 174 Å². The summed E-state index contributed by atoms with van der Waals surface area (Å²) in [6, 6.07) is 0. The molecular weight excluding hydrogens is 352 g/mol. The molecule has 0 fully saturated rings. The van der Waals surface area contributed by atoms with Gasteiger partial charge in [0.2, 0.25) is 0 Å². The summed E-state index contributed by atoms with van der Waals surface area (Å²) in [5.41, 5.74) is 0. The molecule has 28 heavy (non-hydrogen) atoms. The zero-order chi connectivity index (χ0) is 20.9. The summed E-state index contributed by atoms with van der Waals surface area (Å²) in [6.45, 7) is 7.27. The van der Waals surface area contributed by atoms with E-state index in [2.05, 4.69) is 13.8 Å². The molecule has 0 aliphatic rings. The molecule has 0 saturated heterocycles. The summed E-state index contributed by atoms with van der Waals surface area (Å²) in [5.74, 6) is -0.626. The Bertz CT molecular complexity index is 368. The first-order chi connectivity index (χ1) is 13.6. The third-order valence-corrected chi connectivity index (χ3v) is 5.19. The monoisotopic (exact) mass is 398 g/mol. The number of unbranched alkanes of at least 4 members (excludes halogenated alkanes) is 12. The van der Waals surface area contributed by atoms with E-state index in [4.69, 9.17) is 9.47 Å². The van der Waals surface area contributed by atoms with Gasteiger partial charge in [0.15, 0.2) is 0 Å². The van der Waals surface area contributed by atoms with E-state index in [-0.39, 0.29) is 17.9 Å². The molecule has 0 amide bonds. The van der Waals surface area contributed by atoms with Crippen LogP contribution in [0.5, 0.6) is 0 Å². The van der Waals surface area contributed by atoms with E-state index < -0.39 is 0 Å². The number of hydrogen-bond acceptors (Lipinski definition) is 4. The van der Waals surface area contributed by atoms with Crippen molar-refractivity contribution in [2.75, 3.05) is 13.2 Å². The smallest absolute Gasteiger partial charge is 0.308 e. The Balaban J connectivity index is 3.50. The van der Waals surface area contributed by atoms with Gasteiger partial charge in [-0.3, -0.25) is 9.59 Å². The maximum Gasteiger partial charge on any atom is 0.308 e. The van der Waals surface area contributed by atoms with Crippen molar-refractivity contribution in [2.45, 2.75) is 124 Å². The molecule has 0 aromatic heterocycles. The van der Waals surface area contributed by atoms with E-state index in [9.17, 15) is 9.59 Å². The minimum absolute atomic E-state index is 0.189. The van der Waals surface area contributed by atoms with E-state index in [0.29, 0.717) is 26.1 Å². The van der Waals surface area contributed by atoms with E-state index in [0.717, 1.165) is 25.7 Å². The average Bonchev–Trinajstić information content (AvgIpc) is 2.69. The topological polar surface area (TPSA) is 52.6 Å². The van der Waals surface area contributed by atoms with Gasteiger partial charge in [0.25, 0.3) is 0 Å². The Kier molecular flexibility index (Phi) is 19.9. The highest BCUT2D eigenvalue weighted by atomic mass is 16.5. The van der Waals surface area contributed by atoms with Crippen molar-refractivity contribution < 1.29 is 19.1 Å². The van der Waals surface area contributed by atoms with Gasteiger partial charge in [-0.2, -0.15) is 0 Å². The van der Waals surface area contributed by atoms with Crippen LogP contribution in [0.1, 0.15) is 124 Å². The van der Waals surface area contributed by atoms with Crippen molar-refractivity contribution in [1.29, 1.82) is 0 Å². The molecule has 0 radical (unpaired) electrons. The van der Waals surface area contributed by atoms with Crippen LogP contribution in [0.25, 0.3) is 0 Å². The van der Waals surface area contributed by atoms with Gasteiger partial charge in [0.1, 0.15) is 0 Å². The maximum atomic E-state index is 12.0. The van der Waals surface area contributed by atoms with Crippen LogP contribution in [-0.4, -0.2) is 25.2 Å². The number of carbonyl (C=O) groups excluding carboxylic acids is 2. The van der Waals surface area contributed by atoms with Gasteiger partial charge in [-0.25, -0.2) is 0 Å². The standard InChI is InChI=1S/C24H46O4/c1-4-6-8-10-12-14-16-20-27-23(25)19-18-22(3)24(26)28-21-17-15-13-11-9-7-5-2/h22H,4-21H2,1-3H3. The number of rotatable bonds is 20. The van der Waals surface area contributed by atoms with Gasteiger partial charge >= 0.3 is 11.9 Å². The molecule has 1 unspecified atom stereocenters. The first-order valence-corrected chi connectivity index (χ1v) is 11.9. The predicted octanol–water partition coefficient (Wildman–Crippen LogP) is 6.99. The number of hydrogen-bond donors (Lipinski definition) is 0. The largest absolute Gasteiger partial charge is 0.466 e. The van der Waals surface area contributed by atoms with E-state index >= 15 is 0 Å². The summed E-state index contributed by atoms with van der Waals surface area (Å²) in [5, 5.41) is 0. The van der Waals surface area contributed by atoms with Gasteiger partial charge in [-0.05, 0) is 19.3 Å². The summed E-state index contributed by atoms with van der Waals surface area (Å²) in [4.78, 5) is 23.7. The van der Waals surface area contributed by atoms with E-state index in [1.54, 1.807) is 0 Å². The molecule has 0 aliphatic heterocycles. The second-order valence-electron chi connectivity index (χ2n) is 8.07. The van der Waals surface area contributed by atoms with Gasteiger partial charge in [-0.15, -0.1) is 0 Å². The van der Waals surface area contributed by atoms with E-state index in [1.165, 1.54) is 64.2 Å². The van der Waals surface area contributed by atoms with Crippen LogP contribution < -0.4 is 0 Å². The van der Waals surface area contributed by atoms with E-state index in [1.807, 2.05) is 6.92 Å². The fourth-order valence-electron chi connectivity index (χ4n) is 3.14. The van der Waals surface area contributed by atoms with Crippen LogP contribution in [0.2, 0.25) is 0 Å². The lowest BCUT2D eigenvalue weighted by Crippen LogP contribution is -2.17. The highest BCUT2D eigenvalue weighted by Gasteiger charge is 2.16. The van der Waals surface area contributed by atoms with Gasteiger partial charge in [0, 0.05) is 6.42 Å². The minimum atomic E-state index is -0.240. The van der Waals surface area contributed by atoms with Crippen molar-refractivity contribution in [2.24, 2.45) is 5.92 Å². The molecule has 1 atom stereocenters. The average molecular weight is 399 g/mol. The number of esters is 2. The molecule has 4 heteroatoms. The molecular formula is C24H46O4. The summed E-state index contributed by atoms with van der Waals surface area (Å²) < 4.78 is 10.6. The Morgan fingerprint density at radius 1 is 0.643 bits per heavy atom. The summed E-state index contributed by atoms with van der Waals surface area (Å²) in [7, 11) is 0. The molecule has 0 aliphatic carbocycles. The lowest BCUT2D eigenvalue weighted by molar-refractivity contribution is -0.149. The lowest BCUT2D eigenvalue weighted by atomic mass is 10.1. The molecule has 4 nitrogen and oxygen atoms in total. The zero-order valence-corrected chi connectivity index (χ0v) is 18.9. The highest BCUT2D eigenvalue weighted by Crippen LogP contribution is 2.11. The second kappa shape index (κ2) is 20.7. The second-order valence-corrected chi connectivity index (χ2v) is 8.07. The van der Waals surface area contributed by atoms with Crippen molar-refractivity contribution in [3.05, 3.63) is 0 Å². The predicted molar refractivity (Wildman–Crippen MR) is 116 cm³/mol. The minimum Gasteiger partial charge on any atom is -0.466 e. The van der Waals surface area contributed by atoms with Gasteiger partial charge < -0.3 is 9.47 Å². The summed E-state index contributed by atoms with van der Waals surface area (Å²) in [6.07, 6.45) is 17.7. The Hall–Kier alpha value is -1.06. The normalized spacial score (nSPS) is 12.0. The fourth-order valence-corrected chi connectivity index (χ4v) is 3.14. The fraction of sp³-hybridized carbons (Fsp3) is 0.917. The first kappa shape index (κ1) is 26.9. The van der Waals surface area contributed by atoms with Crippen LogP contribution in [0.4, 0.5) is 0 Å². The van der Waals surface area contributed by atoms with Crippen molar-refractivity contribution in [3.63, 3.8) is 0 Å². The molecule has 0 rings (SSSR count). The van der Waals surface area contributed by atoms with Crippen LogP contribution in [0.15, 0.2) is 0 Å². The molecule has 0 spiro atoms. The molecule has 0 aromatic carbocycles. The van der Waals surface area contributed by atoms with Crippen molar-refractivity contribution in [3.8, 4) is 0 Å². The zero-order valence-electron chi connectivity index (χ0n) is 18.9. The highest BCUT2D eigenvalue weighted by molar-refractivity contribution is 5.74. The molecule has 0 aromatic rings. The van der Waals surface area contributed by atoms with Crippen LogP contribution in [0, 0.1) is 5.92 Å². The van der Waals surface area contributed by atoms with Crippen LogP contribution in [0.3, 0.4) is 0 Å². The third-order valence-electron chi connectivity index (χ3n) is 5.19. The van der Waals surface area contributed by atoms with Crippen molar-refractivity contribution in [1.82, 2.24) is 0 Å². The SMILES string of the molecule is CCCCCCCCCOC(=O)CCC(C)C(=O)OCCCCCCCCC. The Morgan fingerprint density at radius 2 is 1.07 bits per heavy atom. The summed E-state index contributed by atoms with van der Waals surface area (Å²) >= 11 is 0. The molecule has 0 saturated carbocycles. The lowest BCUT2D eigenvalue weighted by Gasteiger charge is -2.11. The first-order valence-electron chi connectivity index (χ1n) is 11.9. The van der Waals surface area contributed by atoms with Crippen LogP contribution >= 0.6 is 0 Å². The third kappa shape index (κ3) is 18.3.